The maximum atomic E-state index is 12.8. The summed E-state index contributed by atoms with van der Waals surface area (Å²) >= 11 is 0. The van der Waals surface area contributed by atoms with Crippen LogP contribution in [0.3, 0.4) is 0 Å². The van der Waals surface area contributed by atoms with Crippen molar-refractivity contribution < 1.29 is 22.8 Å². The van der Waals surface area contributed by atoms with Gasteiger partial charge in [0, 0.05) is 32.8 Å². The quantitative estimate of drug-likeness (QED) is 0.762. The predicted molar refractivity (Wildman–Crippen MR) is 96.9 cm³/mol. The van der Waals surface area contributed by atoms with Crippen LogP contribution < -0.4 is 10.0 Å². The minimum atomic E-state index is -3.57. The average molecular weight is 383 g/mol. The van der Waals surface area contributed by atoms with E-state index in [1.807, 2.05) is 12.1 Å². The number of anilines is 1. The first-order valence-corrected chi connectivity index (χ1v) is 10.2. The molecule has 0 spiro atoms. The van der Waals surface area contributed by atoms with E-state index in [1.165, 1.54) is 6.92 Å². The number of hydrogen-bond acceptors (Lipinski definition) is 6. The molecule has 0 radical (unpaired) electrons. The third-order valence-corrected chi connectivity index (χ3v) is 6.45. The van der Waals surface area contributed by atoms with E-state index in [4.69, 9.17) is 9.57 Å². The molecule has 9 heteroatoms. The molecule has 144 valence electrons. The molecule has 1 amide bonds. The highest BCUT2D eigenvalue weighted by molar-refractivity contribution is 7.90. The Hall–Kier alpha value is -1.52. The van der Waals surface area contributed by atoms with Crippen molar-refractivity contribution in [2.75, 3.05) is 32.1 Å². The zero-order chi connectivity index (χ0) is 18.7. The summed E-state index contributed by atoms with van der Waals surface area (Å²) in [5, 5.41) is 3.55. The number of nitrogens with one attached hydrogen (secondary N) is 2. The van der Waals surface area contributed by atoms with Crippen LogP contribution in [0.15, 0.2) is 24.3 Å². The van der Waals surface area contributed by atoms with Crippen LogP contribution in [0.1, 0.15) is 31.4 Å². The molecule has 8 nitrogen and oxygen atoms in total. The Bertz CT molecular complexity index is 731. The molecule has 3 unspecified atom stereocenters. The van der Waals surface area contributed by atoms with Gasteiger partial charge in [0.15, 0.2) is 0 Å². The van der Waals surface area contributed by atoms with Gasteiger partial charge in [-0.1, -0.05) is 12.1 Å². The molecule has 0 aliphatic carbocycles. The normalized spacial score (nSPS) is 26.9. The van der Waals surface area contributed by atoms with Crippen molar-refractivity contribution in [3.8, 4) is 0 Å². The molecular weight excluding hydrogens is 358 g/mol. The molecule has 0 bridgehead atoms. The maximum Gasteiger partial charge on any atom is 0.221 e. The van der Waals surface area contributed by atoms with Gasteiger partial charge in [-0.05, 0) is 30.5 Å². The van der Waals surface area contributed by atoms with Crippen molar-refractivity contribution in [2.24, 2.45) is 0 Å². The highest BCUT2D eigenvalue weighted by Crippen LogP contribution is 2.33. The highest BCUT2D eigenvalue weighted by Gasteiger charge is 2.43. The van der Waals surface area contributed by atoms with Gasteiger partial charge in [-0.25, -0.2) is 13.1 Å². The predicted octanol–water partition coefficient (Wildman–Crippen LogP) is 1.03. The summed E-state index contributed by atoms with van der Waals surface area (Å²) in [6.07, 6.45) is 1.78. The minimum absolute atomic E-state index is 0.0554. The van der Waals surface area contributed by atoms with Gasteiger partial charge in [0.2, 0.25) is 15.9 Å². The summed E-state index contributed by atoms with van der Waals surface area (Å²) in [6, 6.07) is 6.70. The van der Waals surface area contributed by atoms with Crippen molar-refractivity contribution >= 4 is 21.6 Å². The molecule has 2 fully saturated rings. The van der Waals surface area contributed by atoms with Crippen LogP contribution in [0.2, 0.25) is 0 Å². The van der Waals surface area contributed by atoms with E-state index in [9.17, 15) is 13.2 Å². The second-order valence-corrected chi connectivity index (χ2v) is 8.64. The van der Waals surface area contributed by atoms with Gasteiger partial charge in [-0.2, -0.15) is 5.06 Å². The largest absolute Gasteiger partial charge is 0.377 e. The Morgan fingerprint density at radius 1 is 1.31 bits per heavy atom. The molecule has 1 aromatic carbocycles. The van der Waals surface area contributed by atoms with Crippen LogP contribution >= 0.6 is 0 Å². The molecule has 2 saturated heterocycles. The number of nitrogens with zero attached hydrogens (tertiary/aromatic N) is 1. The molecule has 2 aliphatic heterocycles. The van der Waals surface area contributed by atoms with Crippen molar-refractivity contribution in [3.05, 3.63) is 29.8 Å². The number of carbonyl (C=O) groups excluding carboxylic acids is 1. The van der Waals surface area contributed by atoms with Gasteiger partial charge in [-0.3, -0.25) is 9.63 Å². The van der Waals surface area contributed by atoms with Gasteiger partial charge in [0.25, 0.3) is 0 Å². The summed E-state index contributed by atoms with van der Waals surface area (Å²) in [5.41, 5.74) is 1.48. The van der Waals surface area contributed by atoms with Crippen LogP contribution in [0.25, 0.3) is 0 Å². The number of rotatable bonds is 6. The first-order valence-electron chi connectivity index (χ1n) is 8.70. The Morgan fingerprint density at radius 3 is 2.65 bits per heavy atom. The fraction of sp³-hybridized carbons (Fsp3) is 0.588. The van der Waals surface area contributed by atoms with Crippen LogP contribution in [-0.4, -0.2) is 57.5 Å². The molecule has 0 aromatic heterocycles. The lowest BCUT2D eigenvalue weighted by Gasteiger charge is -2.23. The SMILES string of the molecule is CC(=O)Nc1ccc(C2C(S(=O)(=O)NCC3CCCO3)CON2C)cc1. The van der Waals surface area contributed by atoms with Crippen molar-refractivity contribution in [1.29, 1.82) is 0 Å². The van der Waals surface area contributed by atoms with Gasteiger partial charge in [-0.15, -0.1) is 0 Å². The Morgan fingerprint density at radius 2 is 2.04 bits per heavy atom. The van der Waals surface area contributed by atoms with Crippen molar-refractivity contribution in [1.82, 2.24) is 9.79 Å². The molecule has 3 rings (SSSR count). The second-order valence-electron chi connectivity index (χ2n) is 6.66. The average Bonchev–Trinajstić information content (AvgIpc) is 3.23. The lowest BCUT2D eigenvalue weighted by molar-refractivity contribution is -0.114. The van der Waals surface area contributed by atoms with E-state index in [-0.39, 0.29) is 25.2 Å². The minimum Gasteiger partial charge on any atom is -0.377 e. The monoisotopic (exact) mass is 383 g/mol. The van der Waals surface area contributed by atoms with Gasteiger partial charge in [0.05, 0.1) is 18.8 Å². The maximum absolute atomic E-state index is 12.8. The molecule has 1 aromatic rings. The highest BCUT2D eigenvalue weighted by atomic mass is 32.2. The summed E-state index contributed by atoms with van der Waals surface area (Å²) < 4.78 is 33.8. The topological polar surface area (TPSA) is 97.0 Å². The Kier molecular flexibility index (Phi) is 5.93. The number of hydrogen-bond donors (Lipinski definition) is 2. The Labute approximate surface area is 153 Å². The number of hydroxylamine groups is 2. The summed E-state index contributed by atoms with van der Waals surface area (Å²) in [5.74, 6) is -0.155. The van der Waals surface area contributed by atoms with Crippen molar-refractivity contribution in [2.45, 2.75) is 37.2 Å². The number of amides is 1. The van der Waals surface area contributed by atoms with E-state index in [0.29, 0.717) is 12.3 Å². The second kappa shape index (κ2) is 8.01. The third kappa shape index (κ3) is 4.41. The summed E-state index contributed by atoms with van der Waals surface area (Å²) in [4.78, 5) is 16.6. The molecule has 2 N–H and O–H groups in total. The third-order valence-electron chi connectivity index (χ3n) is 4.69. The van der Waals surface area contributed by atoms with Gasteiger partial charge < -0.3 is 10.1 Å². The van der Waals surface area contributed by atoms with Crippen LogP contribution in [-0.2, 0) is 24.4 Å². The lowest BCUT2D eigenvalue weighted by atomic mass is 10.0. The lowest BCUT2D eigenvalue weighted by Crippen LogP contribution is -2.42. The van der Waals surface area contributed by atoms with Gasteiger partial charge >= 0.3 is 0 Å². The van der Waals surface area contributed by atoms with Crippen LogP contribution in [0, 0.1) is 0 Å². The smallest absolute Gasteiger partial charge is 0.221 e. The number of carbonyl (C=O) groups is 1. The van der Waals surface area contributed by atoms with E-state index in [1.54, 1.807) is 24.2 Å². The molecule has 0 saturated carbocycles. The molecule has 3 atom stereocenters. The number of benzene rings is 1. The molecular formula is C17H25N3O5S. The van der Waals surface area contributed by atoms with E-state index in [0.717, 1.165) is 18.4 Å². The van der Waals surface area contributed by atoms with E-state index < -0.39 is 21.3 Å². The molecule has 26 heavy (non-hydrogen) atoms. The summed E-state index contributed by atoms with van der Waals surface area (Å²) in [6.45, 7) is 2.51. The number of sulfonamides is 1. The zero-order valence-electron chi connectivity index (χ0n) is 15.0. The Balaban J connectivity index is 1.73. The van der Waals surface area contributed by atoms with E-state index in [2.05, 4.69) is 10.0 Å². The van der Waals surface area contributed by atoms with Gasteiger partial charge in [0.1, 0.15) is 5.25 Å². The fourth-order valence-electron chi connectivity index (χ4n) is 3.37. The summed E-state index contributed by atoms with van der Waals surface area (Å²) in [7, 11) is -1.85. The zero-order valence-corrected chi connectivity index (χ0v) is 15.8. The fourth-order valence-corrected chi connectivity index (χ4v) is 4.91. The standard InChI is InChI=1S/C17H25N3O5S/c1-12(21)19-14-7-5-13(6-8-14)17-16(11-25-20(17)2)26(22,23)18-10-15-4-3-9-24-15/h5-8,15-18H,3-4,9-11H2,1-2H3,(H,19,21). The van der Waals surface area contributed by atoms with E-state index >= 15 is 0 Å². The van der Waals surface area contributed by atoms with Crippen molar-refractivity contribution in [3.63, 3.8) is 0 Å². The van der Waals surface area contributed by atoms with Crippen LogP contribution in [0.5, 0.6) is 0 Å². The molecule has 2 heterocycles. The van der Waals surface area contributed by atoms with Crippen LogP contribution in [0.4, 0.5) is 5.69 Å². The number of ether oxygens (including phenoxy) is 1. The first kappa shape index (κ1) is 19.2. The molecule has 2 aliphatic rings. The first-order chi connectivity index (χ1) is 12.4.